The molecule has 1 spiro atoms. The van der Waals surface area contributed by atoms with E-state index >= 15 is 0 Å². The first-order valence-corrected chi connectivity index (χ1v) is 10.2. The minimum absolute atomic E-state index is 0.241. The van der Waals surface area contributed by atoms with Crippen molar-refractivity contribution in [2.45, 2.75) is 32.7 Å². The van der Waals surface area contributed by atoms with E-state index in [1.165, 1.54) is 24.0 Å². The van der Waals surface area contributed by atoms with Gasteiger partial charge in [-0.1, -0.05) is 48.0 Å². The number of piperidine rings is 1. The molecule has 0 N–H and O–H groups in total. The maximum Gasteiger partial charge on any atom is 0.227 e. The molecular formula is C23H27ClN2O. The molecular weight excluding hydrogens is 356 g/mol. The highest BCUT2D eigenvalue weighted by atomic mass is 35.5. The number of benzene rings is 2. The van der Waals surface area contributed by atoms with Crippen molar-refractivity contribution in [1.82, 2.24) is 9.80 Å². The number of halogens is 1. The number of hydrogen-bond donors (Lipinski definition) is 0. The van der Waals surface area contributed by atoms with Gasteiger partial charge in [-0.2, -0.15) is 0 Å². The maximum atomic E-state index is 12.5. The minimum Gasteiger partial charge on any atom is -0.341 e. The van der Waals surface area contributed by atoms with Gasteiger partial charge in [0.1, 0.15) is 0 Å². The molecule has 2 saturated heterocycles. The van der Waals surface area contributed by atoms with Crippen LogP contribution in [0.4, 0.5) is 0 Å². The van der Waals surface area contributed by atoms with Gasteiger partial charge in [0.2, 0.25) is 5.91 Å². The third-order valence-electron chi connectivity index (χ3n) is 6.25. The van der Waals surface area contributed by atoms with Gasteiger partial charge in [-0.05, 0) is 61.7 Å². The number of carbonyl (C=O) groups is 1. The van der Waals surface area contributed by atoms with Crippen LogP contribution in [0, 0.1) is 12.3 Å². The van der Waals surface area contributed by atoms with Crippen molar-refractivity contribution in [2.75, 3.05) is 26.2 Å². The summed E-state index contributed by atoms with van der Waals surface area (Å²) in [5.41, 5.74) is 4.21. The molecule has 2 aliphatic rings. The van der Waals surface area contributed by atoms with Crippen LogP contribution < -0.4 is 0 Å². The fourth-order valence-corrected chi connectivity index (χ4v) is 4.48. The second-order valence-electron chi connectivity index (χ2n) is 8.26. The van der Waals surface area contributed by atoms with Crippen LogP contribution >= 0.6 is 11.6 Å². The van der Waals surface area contributed by atoms with E-state index < -0.39 is 0 Å². The molecule has 0 saturated carbocycles. The van der Waals surface area contributed by atoms with Gasteiger partial charge in [0.05, 0.1) is 6.42 Å². The molecule has 142 valence electrons. The SMILES string of the molecule is Cc1ccccc1CN1CCC2(CC1)CN(C(=O)Cc1ccc(Cl)cc1)C2. The lowest BCUT2D eigenvalue weighted by Gasteiger charge is -2.54. The smallest absolute Gasteiger partial charge is 0.227 e. The van der Waals surface area contributed by atoms with Crippen LogP contribution in [-0.4, -0.2) is 41.9 Å². The number of rotatable bonds is 4. The summed E-state index contributed by atoms with van der Waals surface area (Å²) in [5, 5.41) is 0.714. The molecule has 27 heavy (non-hydrogen) atoms. The van der Waals surface area contributed by atoms with Gasteiger partial charge in [-0.3, -0.25) is 9.69 Å². The Morgan fingerprint density at radius 3 is 2.37 bits per heavy atom. The van der Waals surface area contributed by atoms with E-state index in [-0.39, 0.29) is 5.91 Å². The second-order valence-corrected chi connectivity index (χ2v) is 8.69. The van der Waals surface area contributed by atoms with E-state index in [1.807, 2.05) is 29.2 Å². The highest BCUT2D eigenvalue weighted by molar-refractivity contribution is 6.30. The average molecular weight is 383 g/mol. The van der Waals surface area contributed by atoms with Crippen molar-refractivity contribution in [1.29, 1.82) is 0 Å². The summed E-state index contributed by atoms with van der Waals surface area (Å²) in [6.45, 7) is 7.36. The lowest BCUT2D eigenvalue weighted by atomic mass is 9.71. The quantitative estimate of drug-likeness (QED) is 0.786. The zero-order chi connectivity index (χ0) is 18.9. The Morgan fingerprint density at radius 2 is 1.70 bits per heavy atom. The Morgan fingerprint density at radius 1 is 1.04 bits per heavy atom. The average Bonchev–Trinajstić information content (AvgIpc) is 2.64. The molecule has 0 bridgehead atoms. The topological polar surface area (TPSA) is 23.6 Å². The van der Waals surface area contributed by atoms with Crippen molar-refractivity contribution in [3.05, 3.63) is 70.2 Å². The van der Waals surface area contributed by atoms with Gasteiger partial charge in [0.25, 0.3) is 0 Å². The van der Waals surface area contributed by atoms with Crippen LogP contribution in [0.25, 0.3) is 0 Å². The zero-order valence-electron chi connectivity index (χ0n) is 16.0. The Hall–Kier alpha value is -1.84. The van der Waals surface area contributed by atoms with Crippen molar-refractivity contribution in [3.8, 4) is 0 Å². The largest absolute Gasteiger partial charge is 0.341 e. The van der Waals surface area contributed by atoms with Crippen molar-refractivity contribution in [2.24, 2.45) is 5.41 Å². The van der Waals surface area contributed by atoms with Crippen molar-refractivity contribution in [3.63, 3.8) is 0 Å². The summed E-state index contributed by atoms with van der Waals surface area (Å²) in [5.74, 6) is 0.241. The number of nitrogens with zero attached hydrogens (tertiary/aromatic N) is 2. The highest BCUT2D eigenvalue weighted by Crippen LogP contribution is 2.41. The number of amides is 1. The molecule has 2 aliphatic heterocycles. The Labute approximate surface area is 166 Å². The fourth-order valence-electron chi connectivity index (χ4n) is 4.36. The summed E-state index contributed by atoms with van der Waals surface area (Å²) in [4.78, 5) is 17.1. The predicted octanol–water partition coefficient (Wildman–Crippen LogP) is 4.32. The number of likely N-dealkylation sites (tertiary alicyclic amines) is 2. The van der Waals surface area contributed by atoms with Gasteiger partial charge in [0, 0.05) is 30.1 Å². The minimum atomic E-state index is 0.241. The summed E-state index contributed by atoms with van der Waals surface area (Å²) in [6.07, 6.45) is 2.87. The van der Waals surface area contributed by atoms with Gasteiger partial charge >= 0.3 is 0 Å². The fraction of sp³-hybridized carbons (Fsp3) is 0.435. The Kier molecular flexibility index (Phi) is 5.25. The molecule has 1 amide bonds. The first-order valence-electron chi connectivity index (χ1n) is 9.82. The summed E-state index contributed by atoms with van der Waals surface area (Å²) in [7, 11) is 0. The Bertz CT molecular complexity index is 801. The predicted molar refractivity (Wildman–Crippen MR) is 110 cm³/mol. The van der Waals surface area contributed by atoms with Crippen LogP contribution in [0.15, 0.2) is 48.5 Å². The third-order valence-corrected chi connectivity index (χ3v) is 6.50. The molecule has 3 nitrogen and oxygen atoms in total. The first kappa shape index (κ1) is 18.5. The maximum absolute atomic E-state index is 12.5. The summed E-state index contributed by atoms with van der Waals surface area (Å²) < 4.78 is 0. The first-order chi connectivity index (χ1) is 13.0. The molecule has 4 heteroatoms. The summed E-state index contributed by atoms with van der Waals surface area (Å²) >= 11 is 5.92. The van der Waals surface area contributed by atoms with Crippen LogP contribution in [0.3, 0.4) is 0 Å². The van der Waals surface area contributed by atoms with Crippen LogP contribution in [0.2, 0.25) is 5.02 Å². The van der Waals surface area contributed by atoms with Gasteiger partial charge < -0.3 is 4.90 Å². The van der Waals surface area contributed by atoms with Crippen LogP contribution in [-0.2, 0) is 17.8 Å². The van der Waals surface area contributed by atoms with Crippen molar-refractivity contribution >= 4 is 17.5 Å². The monoisotopic (exact) mass is 382 g/mol. The van der Waals surface area contributed by atoms with E-state index in [9.17, 15) is 4.79 Å². The second kappa shape index (κ2) is 7.65. The standard InChI is InChI=1S/C23H27ClN2O/c1-18-4-2-3-5-20(18)15-25-12-10-23(11-13-25)16-26(17-23)22(27)14-19-6-8-21(24)9-7-19/h2-9H,10-17H2,1H3. The van der Waals surface area contributed by atoms with Gasteiger partial charge in [-0.25, -0.2) is 0 Å². The zero-order valence-corrected chi connectivity index (χ0v) is 16.7. The molecule has 2 heterocycles. The van der Waals surface area contributed by atoms with E-state index in [0.717, 1.165) is 38.3 Å². The number of carbonyl (C=O) groups excluding carboxylic acids is 1. The van der Waals surface area contributed by atoms with Gasteiger partial charge in [0.15, 0.2) is 0 Å². The normalized spacial score (nSPS) is 19.1. The molecule has 2 fully saturated rings. The molecule has 0 atom stereocenters. The number of hydrogen-bond acceptors (Lipinski definition) is 2. The van der Waals surface area contributed by atoms with Crippen LogP contribution in [0.1, 0.15) is 29.5 Å². The third kappa shape index (κ3) is 4.20. The van der Waals surface area contributed by atoms with Crippen LogP contribution in [0.5, 0.6) is 0 Å². The molecule has 0 radical (unpaired) electrons. The van der Waals surface area contributed by atoms with E-state index in [0.29, 0.717) is 16.9 Å². The summed E-state index contributed by atoms with van der Waals surface area (Å²) in [6, 6.07) is 16.3. The molecule has 4 rings (SSSR count). The Balaban J connectivity index is 1.25. The molecule has 2 aromatic carbocycles. The van der Waals surface area contributed by atoms with E-state index in [4.69, 9.17) is 11.6 Å². The van der Waals surface area contributed by atoms with Gasteiger partial charge in [-0.15, -0.1) is 0 Å². The molecule has 2 aromatic rings. The molecule has 0 aliphatic carbocycles. The van der Waals surface area contributed by atoms with Crippen molar-refractivity contribution < 1.29 is 4.79 Å². The number of aryl methyl sites for hydroxylation is 1. The highest BCUT2D eigenvalue weighted by Gasteiger charge is 2.46. The molecule has 0 aromatic heterocycles. The lowest BCUT2D eigenvalue weighted by molar-refractivity contribution is -0.146. The lowest BCUT2D eigenvalue weighted by Crippen LogP contribution is -2.62. The van der Waals surface area contributed by atoms with E-state index in [2.05, 4.69) is 36.1 Å². The molecule has 0 unspecified atom stereocenters. The van der Waals surface area contributed by atoms with E-state index in [1.54, 1.807) is 0 Å².